The molecule has 1 N–H and O–H groups in total. The van der Waals surface area contributed by atoms with E-state index in [0.29, 0.717) is 6.04 Å². The smallest absolute Gasteiger partial charge is 0.106 e. The van der Waals surface area contributed by atoms with Gasteiger partial charge < -0.3 is 10.1 Å². The van der Waals surface area contributed by atoms with Crippen LogP contribution in [0, 0.1) is 5.92 Å². The van der Waals surface area contributed by atoms with Crippen molar-refractivity contribution in [2.45, 2.75) is 72.4 Å². The zero-order valence-electron chi connectivity index (χ0n) is 11.4. The molecule has 0 aromatic carbocycles. The summed E-state index contributed by atoms with van der Waals surface area (Å²) in [5, 5.41) is 3.71. The molecule has 92 valence electrons. The van der Waals surface area contributed by atoms with Gasteiger partial charge in [0.2, 0.25) is 0 Å². The van der Waals surface area contributed by atoms with Crippen molar-refractivity contribution < 1.29 is 4.79 Å². The van der Waals surface area contributed by atoms with E-state index >= 15 is 0 Å². The molecule has 2 atom stereocenters. The Hall–Kier alpha value is -0.370. The van der Waals surface area contributed by atoms with Gasteiger partial charge in [-0.3, -0.25) is 0 Å². The number of carbonyl (C=O) groups is 1. The third-order valence-electron chi connectivity index (χ3n) is 2.55. The molecular weight excluding hydrogens is 186 g/mol. The van der Waals surface area contributed by atoms with Crippen LogP contribution in [-0.4, -0.2) is 18.4 Å². The highest BCUT2D eigenvalue weighted by Crippen LogP contribution is 2.16. The zero-order chi connectivity index (χ0) is 12.5. The van der Waals surface area contributed by atoms with Gasteiger partial charge >= 0.3 is 0 Å². The molecule has 2 nitrogen and oxygen atoms in total. The van der Waals surface area contributed by atoms with Crippen LogP contribution >= 0.6 is 0 Å². The van der Waals surface area contributed by atoms with E-state index < -0.39 is 0 Å². The minimum absolute atomic E-state index is 0.253. The van der Waals surface area contributed by atoms with Gasteiger partial charge in [0.25, 0.3) is 0 Å². The van der Waals surface area contributed by atoms with Crippen LogP contribution < -0.4 is 5.32 Å². The van der Waals surface area contributed by atoms with E-state index in [1.54, 1.807) is 0 Å². The lowest BCUT2D eigenvalue weighted by molar-refractivity contribution is -0.0979. The quantitative estimate of drug-likeness (QED) is 0.761. The maximum Gasteiger partial charge on any atom is 0.106 e. The molecule has 0 fully saturated rings. The number of hydrogen-bond acceptors (Lipinski definition) is 2. The van der Waals surface area contributed by atoms with Crippen LogP contribution in [0.3, 0.4) is 0 Å². The van der Waals surface area contributed by atoms with Crippen LogP contribution in [0.15, 0.2) is 0 Å². The molecule has 0 aliphatic carbocycles. The summed E-state index contributed by atoms with van der Waals surface area (Å²) in [6.45, 7) is 15.6. The van der Waals surface area contributed by atoms with Crippen molar-refractivity contribution in [1.82, 2.24) is 5.32 Å². The average molecular weight is 215 g/mol. The van der Waals surface area contributed by atoms with Gasteiger partial charge in [0.15, 0.2) is 0 Å². The Morgan fingerprint density at radius 3 is 1.93 bits per heavy atom. The fourth-order valence-electron chi connectivity index (χ4n) is 1.65. The Balaban J connectivity index is 0. The molecule has 15 heavy (non-hydrogen) atoms. The van der Waals surface area contributed by atoms with Crippen molar-refractivity contribution in [3.63, 3.8) is 0 Å². The summed E-state index contributed by atoms with van der Waals surface area (Å²) in [6, 6.07) is 0.690. The molecule has 0 bridgehead atoms. The first-order valence-electron chi connectivity index (χ1n) is 5.97. The summed E-state index contributed by atoms with van der Waals surface area (Å²) in [6.07, 6.45) is 3.85. The third kappa shape index (κ3) is 9.92. The van der Waals surface area contributed by atoms with E-state index in [-0.39, 0.29) is 5.54 Å². The standard InChI is InChI=1S/C12H27N.CH2O/c1-7-9-11(10(3)8-2)13-12(4,5)6;1-2/h10-11,13H,7-9H2,1-6H3;1H2. The Bertz CT molecular complexity index is 140. The van der Waals surface area contributed by atoms with Crippen LogP contribution in [-0.2, 0) is 4.79 Å². The molecule has 2 heteroatoms. The van der Waals surface area contributed by atoms with E-state index in [9.17, 15) is 0 Å². The largest absolute Gasteiger partial charge is 0.309 e. The van der Waals surface area contributed by atoms with E-state index in [1.165, 1.54) is 19.3 Å². The van der Waals surface area contributed by atoms with Gasteiger partial charge in [0.1, 0.15) is 6.79 Å². The van der Waals surface area contributed by atoms with Crippen LogP contribution in [0.1, 0.15) is 60.8 Å². The molecule has 0 rings (SSSR count). The third-order valence-corrected chi connectivity index (χ3v) is 2.55. The minimum Gasteiger partial charge on any atom is -0.309 e. The van der Waals surface area contributed by atoms with E-state index in [1.807, 2.05) is 6.79 Å². The fourth-order valence-corrected chi connectivity index (χ4v) is 1.65. The lowest BCUT2D eigenvalue weighted by Gasteiger charge is -2.32. The second-order valence-corrected chi connectivity index (χ2v) is 5.18. The molecule has 2 unspecified atom stereocenters. The SMILES string of the molecule is C=O.CCCC(NC(C)(C)C)C(C)CC. The van der Waals surface area contributed by atoms with Gasteiger partial charge in [-0.1, -0.05) is 33.6 Å². The molecule has 0 amide bonds. The number of hydrogen-bond donors (Lipinski definition) is 1. The highest BCUT2D eigenvalue weighted by Gasteiger charge is 2.20. The number of carbonyl (C=O) groups excluding carboxylic acids is 1. The Morgan fingerprint density at radius 2 is 1.67 bits per heavy atom. The van der Waals surface area contributed by atoms with Gasteiger partial charge in [0, 0.05) is 11.6 Å². The summed E-state index contributed by atoms with van der Waals surface area (Å²) in [4.78, 5) is 8.00. The van der Waals surface area contributed by atoms with E-state index in [0.717, 1.165) is 5.92 Å². The van der Waals surface area contributed by atoms with Crippen LogP contribution in [0.2, 0.25) is 0 Å². The molecule has 0 radical (unpaired) electrons. The lowest BCUT2D eigenvalue weighted by Crippen LogP contribution is -2.46. The molecule has 0 saturated carbocycles. The maximum atomic E-state index is 8.00. The first-order chi connectivity index (χ1) is 6.90. The van der Waals surface area contributed by atoms with E-state index in [4.69, 9.17) is 4.79 Å². The van der Waals surface area contributed by atoms with Gasteiger partial charge in [-0.15, -0.1) is 0 Å². The second-order valence-electron chi connectivity index (χ2n) is 5.18. The van der Waals surface area contributed by atoms with Crippen LogP contribution in [0.4, 0.5) is 0 Å². The van der Waals surface area contributed by atoms with E-state index in [2.05, 4.69) is 46.9 Å². The first-order valence-corrected chi connectivity index (χ1v) is 5.97. The van der Waals surface area contributed by atoms with Crippen molar-refractivity contribution in [2.75, 3.05) is 0 Å². The molecule has 0 aliphatic heterocycles. The summed E-state index contributed by atoms with van der Waals surface area (Å²) in [7, 11) is 0. The molecule has 0 spiro atoms. The number of nitrogens with one attached hydrogen (secondary N) is 1. The van der Waals surface area contributed by atoms with Crippen LogP contribution in [0.25, 0.3) is 0 Å². The highest BCUT2D eigenvalue weighted by atomic mass is 16.1. The summed E-state index contributed by atoms with van der Waals surface area (Å²) >= 11 is 0. The van der Waals surface area contributed by atoms with Crippen molar-refractivity contribution in [2.24, 2.45) is 5.92 Å². The molecule has 0 heterocycles. The maximum absolute atomic E-state index is 8.00. The minimum atomic E-state index is 0.253. The van der Waals surface area contributed by atoms with Gasteiger partial charge in [-0.2, -0.15) is 0 Å². The number of rotatable bonds is 5. The van der Waals surface area contributed by atoms with Gasteiger partial charge in [0.05, 0.1) is 0 Å². The lowest BCUT2D eigenvalue weighted by atomic mass is 9.92. The first kappa shape index (κ1) is 17.0. The molecule has 0 aromatic rings. The fraction of sp³-hybridized carbons (Fsp3) is 0.923. The molecular formula is C13H29NO. The summed E-state index contributed by atoms with van der Waals surface area (Å²) < 4.78 is 0. The van der Waals surface area contributed by atoms with Gasteiger partial charge in [-0.25, -0.2) is 0 Å². The van der Waals surface area contributed by atoms with Crippen molar-refractivity contribution in [3.8, 4) is 0 Å². The molecule has 0 saturated heterocycles. The highest BCUT2D eigenvalue weighted by molar-refractivity contribution is 5.10. The Kier molecular flexibility index (Phi) is 10.1. The summed E-state index contributed by atoms with van der Waals surface area (Å²) in [5.41, 5.74) is 0.253. The molecule has 0 aromatic heterocycles. The monoisotopic (exact) mass is 215 g/mol. The van der Waals surface area contributed by atoms with Crippen LogP contribution in [0.5, 0.6) is 0 Å². The second kappa shape index (κ2) is 8.90. The van der Waals surface area contributed by atoms with Crippen molar-refractivity contribution in [1.29, 1.82) is 0 Å². The van der Waals surface area contributed by atoms with Crippen molar-refractivity contribution >= 4 is 6.79 Å². The van der Waals surface area contributed by atoms with Crippen molar-refractivity contribution in [3.05, 3.63) is 0 Å². The predicted molar refractivity (Wildman–Crippen MR) is 68.2 cm³/mol. The Labute approximate surface area is 95.8 Å². The van der Waals surface area contributed by atoms with Gasteiger partial charge in [-0.05, 0) is 33.1 Å². The topological polar surface area (TPSA) is 29.1 Å². The zero-order valence-corrected chi connectivity index (χ0v) is 11.4. The normalized spacial score (nSPS) is 15.1. The molecule has 0 aliphatic rings. The average Bonchev–Trinajstić information content (AvgIpc) is 2.17. The Morgan fingerprint density at radius 1 is 1.20 bits per heavy atom. The predicted octanol–water partition coefficient (Wildman–Crippen LogP) is 3.40. The summed E-state index contributed by atoms with van der Waals surface area (Å²) in [5.74, 6) is 0.791.